The van der Waals surface area contributed by atoms with E-state index < -0.39 is 12.1 Å². The zero-order chi connectivity index (χ0) is 20.9. The number of aromatic carboxylic acids is 1. The highest BCUT2D eigenvalue weighted by atomic mass is 32.1. The first kappa shape index (κ1) is 19.9. The third-order valence-corrected chi connectivity index (χ3v) is 5.42. The molecule has 6 nitrogen and oxygen atoms in total. The van der Waals surface area contributed by atoms with Crippen molar-refractivity contribution < 1.29 is 19.0 Å². The lowest BCUT2D eigenvalue weighted by Gasteiger charge is -2.18. The molecule has 4 rings (SSSR count). The standard InChI is InChI=1S/C22H18FN3O3S/c23-17-4-1-15(2-5-17)19-13-16(3-6-18(19)22(27)28)20(21-25-8-12-30-21)29-11-10-26-9-7-24-14-26/h1-9,12-14,20H,10-11H2,(H,27,28). The van der Waals surface area contributed by atoms with Gasteiger partial charge in [0.2, 0.25) is 0 Å². The Labute approximate surface area is 176 Å². The molecule has 0 saturated heterocycles. The number of ether oxygens (including phenoxy) is 1. The van der Waals surface area contributed by atoms with Crippen LogP contribution in [0.1, 0.15) is 27.0 Å². The fourth-order valence-electron chi connectivity index (χ4n) is 3.15. The summed E-state index contributed by atoms with van der Waals surface area (Å²) in [7, 11) is 0. The van der Waals surface area contributed by atoms with Crippen LogP contribution in [0.4, 0.5) is 4.39 Å². The number of rotatable bonds is 8. The minimum atomic E-state index is -1.05. The summed E-state index contributed by atoms with van der Waals surface area (Å²) in [5, 5.41) is 12.3. The maximum atomic E-state index is 13.4. The average molecular weight is 423 g/mol. The fraction of sp³-hybridized carbons (Fsp3) is 0.136. The number of carboxylic acids is 1. The monoisotopic (exact) mass is 423 g/mol. The Morgan fingerprint density at radius 3 is 2.70 bits per heavy atom. The molecule has 0 aliphatic rings. The molecule has 4 aromatic rings. The van der Waals surface area contributed by atoms with Gasteiger partial charge in [0.15, 0.2) is 0 Å². The molecule has 8 heteroatoms. The van der Waals surface area contributed by atoms with E-state index in [0.717, 1.165) is 10.6 Å². The molecule has 0 aliphatic carbocycles. The van der Waals surface area contributed by atoms with Gasteiger partial charge in [0.1, 0.15) is 16.9 Å². The van der Waals surface area contributed by atoms with E-state index in [1.807, 2.05) is 16.1 Å². The zero-order valence-electron chi connectivity index (χ0n) is 15.8. The van der Waals surface area contributed by atoms with E-state index in [-0.39, 0.29) is 11.4 Å². The summed E-state index contributed by atoms with van der Waals surface area (Å²) in [4.78, 5) is 20.2. The number of carbonyl (C=O) groups is 1. The Morgan fingerprint density at radius 2 is 2.03 bits per heavy atom. The summed E-state index contributed by atoms with van der Waals surface area (Å²) >= 11 is 1.47. The maximum Gasteiger partial charge on any atom is 0.336 e. The quantitative estimate of drug-likeness (QED) is 0.446. The van der Waals surface area contributed by atoms with Crippen LogP contribution in [0.5, 0.6) is 0 Å². The number of aromatic nitrogens is 3. The predicted molar refractivity (Wildman–Crippen MR) is 111 cm³/mol. The van der Waals surface area contributed by atoms with Crippen molar-refractivity contribution in [3.05, 3.63) is 94.7 Å². The Kier molecular flexibility index (Phi) is 5.97. The summed E-state index contributed by atoms with van der Waals surface area (Å²) < 4.78 is 21.4. The molecular weight excluding hydrogens is 405 g/mol. The Balaban J connectivity index is 1.68. The van der Waals surface area contributed by atoms with Gasteiger partial charge in [-0.25, -0.2) is 19.2 Å². The molecule has 1 atom stereocenters. The molecular formula is C22H18FN3O3S. The Morgan fingerprint density at radius 1 is 1.20 bits per heavy atom. The van der Waals surface area contributed by atoms with Gasteiger partial charge in [0, 0.05) is 30.5 Å². The first-order valence-corrected chi connectivity index (χ1v) is 10.1. The van der Waals surface area contributed by atoms with Crippen molar-refractivity contribution in [1.82, 2.24) is 14.5 Å². The molecule has 2 heterocycles. The second kappa shape index (κ2) is 8.98. The maximum absolute atomic E-state index is 13.4. The van der Waals surface area contributed by atoms with E-state index in [4.69, 9.17) is 4.74 Å². The highest BCUT2D eigenvalue weighted by molar-refractivity contribution is 7.09. The topological polar surface area (TPSA) is 77.2 Å². The van der Waals surface area contributed by atoms with E-state index in [9.17, 15) is 14.3 Å². The second-order valence-corrected chi connectivity index (χ2v) is 7.46. The molecule has 0 saturated carbocycles. The van der Waals surface area contributed by atoms with E-state index in [2.05, 4.69) is 9.97 Å². The van der Waals surface area contributed by atoms with E-state index >= 15 is 0 Å². The van der Waals surface area contributed by atoms with Crippen LogP contribution in [0.3, 0.4) is 0 Å². The summed E-state index contributed by atoms with van der Waals surface area (Å²) in [5.41, 5.74) is 2.04. The van der Waals surface area contributed by atoms with Crippen LogP contribution in [0.15, 0.2) is 72.8 Å². The third kappa shape index (κ3) is 4.45. The van der Waals surface area contributed by atoms with Gasteiger partial charge < -0.3 is 14.4 Å². The van der Waals surface area contributed by atoms with Crippen molar-refractivity contribution in [2.24, 2.45) is 0 Å². The number of carboxylic acid groups (broad SMARTS) is 1. The largest absolute Gasteiger partial charge is 0.478 e. The van der Waals surface area contributed by atoms with Crippen LogP contribution < -0.4 is 0 Å². The summed E-state index contributed by atoms with van der Waals surface area (Å²) in [6.45, 7) is 1.05. The zero-order valence-corrected chi connectivity index (χ0v) is 16.6. The van der Waals surface area contributed by atoms with Crippen LogP contribution in [-0.2, 0) is 11.3 Å². The summed E-state index contributed by atoms with van der Waals surface area (Å²) in [5.74, 6) is -1.43. The van der Waals surface area contributed by atoms with Crippen molar-refractivity contribution >= 4 is 17.3 Å². The molecule has 0 fully saturated rings. The van der Waals surface area contributed by atoms with Crippen LogP contribution in [0.2, 0.25) is 0 Å². The van der Waals surface area contributed by atoms with Gasteiger partial charge in [-0.2, -0.15) is 0 Å². The molecule has 1 unspecified atom stereocenters. The SMILES string of the molecule is O=C(O)c1ccc(C(OCCn2ccnc2)c2nccs2)cc1-c1ccc(F)cc1. The van der Waals surface area contributed by atoms with Crippen molar-refractivity contribution in [3.63, 3.8) is 0 Å². The molecule has 0 bridgehead atoms. The highest BCUT2D eigenvalue weighted by Crippen LogP contribution is 2.33. The Bertz CT molecular complexity index is 1110. The molecule has 1 N–H and O–H groups in total. The van der Waals surface area contributed by atoms with E-state index in [0.29, 0.717) is 24.3 Å². The number of hydrogen-bond donors (Lipinski definition) is 1. The number of nitrogens with zero attached hydrogens (tertiary/aromatic N) is 3. The van der Waals surface area contributed by atoms with E-state index in [1.54, 1.807) is 49.1 Å². The molecule has 0 amide bonds. The Hall–Kier alpha value is -3.36. The number of benzene rings is 2. The normalized spacial score (nSPS) is 12.0. The summed E-state index contributed by atoms with van der Waals surface area (Å²) in [6.07, 6.45) is 6.54. The molecule has 0 radical (unpaired) electrons. The third-order valence-electron chi connectivity index (χ3n) is 4.60. The summed E-state index contributed by atoms with van der Waals surface area (Å²) in [6, 6.07) is 10.8. The van der Waals surface area contributed by atoms with Gasteiger partial charge in [-0.15, -0.1) is 11.3 Å². The molecule has 2 aromatic carbocycles. The highest BCUT2D eigenvalue weighted by Gasteiger charge is 2.21. The van der Waals surface area contributed by atoms with Crippen LogP contribution in [-0.4, -0.2) is 32.2 Å². The van der Waals surface area contributed by atoms with Crippen LogP contribution in [0, 0.1) is 5.82 Å². The van der Waals surface area contributed by atoms with Crippen molar-refractivity contribution in [1.29, 1.82) is 0 Å². The predicted octanol–water partition coefficient (Wildman–Crippen LogP) is 4.65. The average Bonchev–Trinajstić information content (AvgIpc) is 3.46. The molecule has 0 aliphatic heterocycles. The number of imidazole rings is 1. The van der Waals surface area contributed by atoms with Gasteiger partial charge in [-0.1, -0.05) is 18.2 Å². The lowest BCUT2D eigenvalue weighted by Crippen LogP contribution is -2.12. The van der Waals surface area contributed by atoms with Gasteiger partial charge in [0.25, 0.3) is 0 Å². The lowest BCUT2D eigenvalue weighted by molar-refractivity contribution is 0.0694. The second-order valence-electron chi connectivity index (χ2n) is 6.54. The minimum absolute atomic E-state index is 0.140. The number of halogens is 1. The van der Waals surface area contributed by atoms with Gasteiger partial charge in [-0.3, -0.25) is 0 Å². The molecule has 2 aromatic heterocycles. The molecule has 152 valence electrons. The first-order valence-electron chi connectivity index (χ1n) is 9.22. The van der Waals surface area contributed by atoms with Gasteiger partial charge in [-0.05, 0) is 41.0 Å². The molecule has 0 spiro atoms. The van der Waals surface area contributed by atoms with Crippen molar-refractivity contribution in [2.75, 3.05) is 6.61 Å². The minimum Gasteiger partial charge on any atom is -0.478 e. The van der Waals surface area contributed by atoms with Crippen LogP contribution in [0.25, 0.3) is 11.1 Å². The fourth-order valence-corrected chi connectivity index (χ4v) is 3.86. The van der Waals surface area contributed by atoms with Crippen LogP contribution >= 0.6 is 11.3 Å². The number of thiazole rings is 1. The van der Waals surface area contributed by atoms with Crippen molar-refractivity contribution in [2.45, 2.75) is 12.6 Å². The number of hydrogen-bond acceptors (Lipinski definition) is 5. The first-order chi connectivity index (χ1) is 14.6. The van der Waals surface area contributed by atoms with Gasteiger partial charge >= 0.3 is 5.97 Å². The smallest absolute Gasteiger partial charge is 0.336 e. The van der Waals surface area contributed by atoms with Crippen molar-refractivity contribution in [3.8, 4) is 11.1 Å². The van der Waals surface area contributed by atoms with Gasteiger partial charge in [0.05, 0.1) is 18.5 Å². The lowest BCUT2D eigenvalue weighted by atomic mass is 9.95. The van der Waals surface area contributed by atoms with E-state index in [1.165, 1.54) is 23.5 Å². The molecule has 30 heavy (non-hydrogen) atoms.